The maximum atomic E-state index is 2.45. The van der Waals surface area contributed by atoms with E-state index in [1.807, 2.05) is 0 Å². The highest BCUT2D eigenvalue weighted by Crippen LogP contribution is 2.22. The van der Waals surface area contributed by atoms with Crippen LogP contribution in [0.15, 0.2) is 29.8 Å². The summed E-state index contributed by atoms with van der Waals surface area (Å²) in [5.74, 6) is 0. The van der Waals surface area contributed by atoms with Gasteiger partial charge in [0.15, 0.2) is 0 Å². The van der Waals surface area contributed by atoms with Crippen molar-refractivity contribution in [3.63, 3.8) is 0 Å². The van der Waals surface area contributed by atoms with Crippen LogP contribution in [0.25, 0.3) is 6.08 Å². The lowest BCUT2D eigenvalue weighted by Gasteiger charge is -2.12. The Kier molecular flexibility index (Phi) is 14.8. The zero-order valence-corrected chi connectivity index (χ0v) is 19.4. The maximum Gasteiger partial charge on any atom is 0.0361 e. The average molecular weight is 386 g/mol. The van der Waals surface area contributed by atoms with E-state index in [-0.39, 0.29) is 0 Å². The van der Waals surface area contributed by atoms with E-state index in [0.29, 0.717) is 0 Å². The van der Waals surface area contributed by atoms with Gasteiger partial charge >= 0.3 is 0 Å². The molecule has 0 unspecified atom stereocenters. The largest absolute Gasteiger partial charge is 0.378 e. The molecule has 0 amide bonds. The van der Waals surface area contributed by atoms with Crippen LogP contribution in [0.1, 0.15) is 116 Å². The summed E-state index contributed by atoms with van der Waals surface area (Å²) in [4.78, 5) is 2.16. The van der Waals surface area contributed by atoms with E-state index in [0.717, 1.165) is 0 Å². The Balaban J connectivity index is 2.26. The topological polar surface area (TPSA) is 3.24 Å². The number of benzene rings is 1. The van der Waals surface area contributed by atoms with E-state index in [4.69, 9.17) is 0 Å². The molecule has 0 fully saturated rings. The predicted molar refractivity (Wildman–Crippen MR) is 129 cm³/mol. The first-order chi connectivity index (χ1) is 13.7. The molecule has 28 heavy (non-hydrogen) atoms. The normalized spacial score (nSPS) is 11.8. The molecule has 0 aliphatic carbocycles. The molecule has 0 saturated heterocycles. The monoisotopic (exact) mass is 385 g/mol. The van der Waals surface area contributed by atoms with Gasteiger partial charge in [0.25, 0.3) is 0 Å². The Morgan fingerprint density at radius 2 is 1.11 bits per heavy atom. The Morgan fingerprint density at radius 1 is 0.643 bits per heavy atom. The third-order valence-corrected chi connectivity index (χ3v) is 5.73. The highest BCUT2D eigenvalue weighted by atomic mass is 15.1. The number of allylic oxidation sites excluding steroid dienone is 1. The molecule has 1 aromatic rings. The molecule has 0 aliphatic rings. The molecule has 0 N–H and O–H groups in total. The Bertz CT molecular complexity index is 497. The molecule has 0 spiro atoms. The molecule has 1 heteroatoms. The first-order valence-electron chi connectivity index (χ1n) is 12.1. The van der Waals surface area contributed by atoms with Crippen LogP contribution >= 0.6 is 0 Å². The molecule has 1 rings (SSSR count). The number of unbranched alkanes of at least 4 members (excludes halogenated alkanes) is 11. The lowest BCUT2D eigenvalue weighted by Crippen LogP contribution is -2.07. The van der Waals surface area contributed by atoms with Gasteiger partial charge in [-0.15, -0.1) is 0 Å². The summed E-state index contributed by atoms with van der Waals surface area (Å²) >= 11 is 0. The number of rotatable bonds is 17. The van der Waals surface area contributed by atoms with Crippen LogP contribution in [0.5, 0.6) is 0 Å². The Hall–Kier alpha value is -1.24. The van der Waals surface area contributed by atoms with Crippen molar-refractivity contribution in [2.75, 3.05) is 19.0 Å². The van der Waals surface area contributed by atoms with Gasteiger partial charge in [0.1, 0.15) is 0 Å². The van der Waals surface area contributed by atoms with E-state index in [2.05, 4.69) is 63.2 Å². The van der Waals surface area contributed by atoms with Crippen molar-refractivity contribution < 1.29 is 0 Å². The average Bonchev–Trinajstić information content (AvgIpc) is 2.70. The zero-order valence-electron chi connectivity index (χ0n) is 19.4. The van der Waals surface area contributed by atoms with E-state index >= 15 is 0 Å². The minimum atomic E-state index is 1.27. The van der Waals surface area contributed by atoms with Crippen LogP contribution in [0.2, 0.25) is 0 Å². The summed E-state index contributed by atoms with van der Waals surface area (Å²) in [6.07, 6.45) is 23.3. The SMILES string of the molecule is CCCCCCCCCCCCCC(=Cc1ccc(N(C)C)cc1)CCCC. The van der Waals surface area contributed by atoms with Crippen molar-refractivity contribution in [1.29, 1.82) is 0 Å². The minimum absolute atomic E-state index is 1.27. The summed E-state index contributed by atoms with van der Waals surface area (Å²) in [5.41, 5.74) is 4.28. The lowest BCUT2D eigenvalue weighted by atomic mass is 9.98. The van der Waals surface area contributed by atoms with Gasteiger partial charge in [-0.2, -0.15) is 0 Å². The maximum absolute atomic E-state index is 2.45. The first kappa shape index (κ1) is 24.8. The highest BCUT2D eigenvalue weighted by molar-refractivity contribution is 5.57. The van der Waals surface area contributed by atoms with Gasteiger partial charge in [0.2, 0.25) is 0 Å². The van der Waals surface area contributed by atoms with Crippen LogP contribution in [0, 0.1) is 0 Å². The zero-order chi connectivity index (χ0) is 20.5. The number of nitrogens with zero attached hydrogens (tertiary/aromatic N) is 1. The van der Waals surface area contributed by atoms with Gasteiger partial charge in [-0.25, -0.2) is 0 Å². The molecule has 0 aliphatic heterocycles. The van der Waals surface area contributed by atoms with Gasteiger partial charge in [-0.3, -0.25) is 0 Å². The summed E-state index contributed by atoms with van der Waals surface area (Å²) in [7, 11) is 4.20. The number of hydrogen-bond donors (Lipinski definition) is 0. The van der Waals surface area contributed by atoms with Gasteiger partial charge in [0, 0.05) is 19.8 Å². The third kappa shape index (κ3) is 12.3. The van der Waals surface area contributed by atoms with E-state index in [1.165, 1.54) is 108 Å². The second-order valence-corrected chi connectivity index (χ2v) is 8.68. The standard InChI is InChI=1S/C27H47N/c1-5-7-9-10-11-12-13-14-15-16-17-19-25(18-8-6-2)24-26-20-22-27(23-21-26)28(3)4/h20-24H,5-19H2,1-4H3. The van der Waals surface area contributed by atoms with E-state index in [1.54, 1.807) is 5.57 Å². The number of hydrogen-bond acceptors (Lipinski definition) is 1. The fourth-order valence-corrected chi connectivity index (χ4v) is 3.79. The van der Waals surface area contributed by atoms with Crippen molar-refractivity contribution in [2.45, 2.75) is 110 Å². The quantitative estimate of drug-likeness (QED) is 0.242. The molecule has 0 saturated carbocycles. The summed E-state index contributed by atoms with van der Waals surface area (Å²) in [5, 5.41) is 0. The third-order valence-electron chi connectivity index (χ3n) is 5.73. The van der Waals surface area contributed by atoms with Crippen molar-refractivity contribution in [1.82, 2.24) is 0 Å². The van der Waals surface area contributed by atoms with Crippen LogP contribution in [0.4, 0.5) is 5.69 Å². The van der Waals surface area contributed by atoms with Crippen molar-refractivity contribution in [3.05, 3.63) is 35.4 Å². The Labute approximate surface area is 176 Å². The van der Waals surface area contributed by atoms with E-state index < -0.39 is 0 Å². The van der Waals surface area contributed by atoms with Crippen molar-refractivity contribution >= 4 is 11.8 Å². The van der Waals surface area contributed by atoms with Gasteiger partial charge in [0.05, 0.1) is 0 Å². The molecule has 0 heterocycles. The molecule has 1 aromatic carbocycles. The van der Waals surface area contributed by atoms with Crippen LogP contribution in [-0.2, 0) is 0 Å². The second kappa shape index (κ2) is 16.7. The molecule has 1 nitrogen and oxygen atoms in total. The molecular weight excluding hydrogens is 338 g/mol. The van der Waals surface area contributed by atoms with Crippen molar-refractivity contribution in [2.24, 2.45) is 0 Å². The molecule has 0 atom stereocenters. The van der Waals surface area contributed by atoms with Crippen molar-refractivity contribution in [3.8, 4) is 0 Å². The smallest absolute Gasteiger partial charge is 0.0361 e. The lowest BCUT2D eigenvalue weighted by molar-refractivity contribution is 0.548. The highest BCUT2D eigenvalue weighted by Gasteiger charge is 2.01. The fraction of sp³-hybridized carbons (Fsp3) is 0.704. The predicted octanol–water partition coefficient (Wildman–Crippen LogP) is 9.03. The van der Waals surface area contributed by atoms with Crippen LogP contribution < -0.4 is 4.90 Å². The molecule has 0 aromatic heterocycles. The van der Waals surface area contributed by atoms with E-state index in [9.17, 15) is 0 Å². The van der Waals surface area contributed by atoms with Gasteiger partial charge in [-0.05, 0) is 43.4 Å². The molecular formula is C27H47N. The van der Waals surface area contributed by atoms with Crippen LogP contribution in [0.3, 0.4) is 0 Å². The van der Waals surface area contributed by atoms with Crippen LogP contribution in [-0.4, -0.2) is 14.1 Å². The molecule has 0 radical (unpaired) electrons. The minimum Gasteiger partial charge on any atom is -0.378 e. The summed E-state index contributed by atoms with van der Waals surface area (Å²) < 4.78 is 0. The second-order valence-electron chi connectivity index (χ2n) is 8.68. The molecule has 0 bridgehead atoms. The summed E-state index contributed by atoms with van der Waals surface area (Å²) in [6.45, 7) is 4.59. The van der Waals surface area contributed by atoms with Gasteiger partial charge < -0.3 is 4.90 Å². The first-order valence-corrected chi connectivity index (χ1v) is 12.1. The molecule has 160 valence electrons. The fourth-order valence-electron chi connectivity index (χ4n) is 3.79. The Morgan fingerprint density at radius 3 is 1.61 bits per heavy atom. The van der Waals surface area contributed by atoms with Gasteiger partial charge in [-0.1, -0.05) is 108 Å². The number of anilines is 1. The summed E-state index contributed by atoms with van der Waals surface area (Å²) in [6, 6.07) is 8.99.